The number of hydrogen-bond donors (Lipinski definition) is 7. The van der Waals surface area contributed by atoms with Crippen LogP contribution in [0, 0.1) is 0 Å². The van der Waals surface area contributed by atoms with Gasteiger partial charge in [0.05, 0.1) is 6.61 Å². The summed E-state index contributed by atoms with van der Waals surface area (Å²) >= 11 is 0. The number of nitrogens with one attached hydrogen (secondary N) is 1. The van der Waals surface area contributed by atoms with Crippen molar-refractivity contribution in [2.75, 3.05) is 6.61 Å². The molecule has 4 atom stereocenters. The molecule has 0 radical (unpaired) electrons. The van der Waals surface area contributed by atoms with Crippen LogP contribution in [-0.2, 0) is 14.4 Å². The monoisotopic (exact) mass is 266 g/mol. The molecule has 0 aromatic carbocycles. The molecule has 0 aliphatic carbocycles. The molecular formula is C8H14N2O8. The summed E-state index contributed by atoms with van der Waals surface area (Å²) in [5.41, 5.74) is 4.52. The summed E-state index contributed by atoms with van der Waals surface area (Å²) in [6.45, 7) is -0.924. The Balaban J connectivity index is 4.54. The van der Waals surface area contributed by atoms with Crippen molar-refractivity contribution in [3.63, 3.8) is 0 Å². The van der Waals surface area contributed by atoms with Gasteiger partial charge in [-0.2, -0.15) is 0 Å². The Bertz CT molecular complexity index is 333. The van der Waals surface area contributed by atoms with Crippen molar-refractivity contribution in [2.45, 2.75) is 24.4 Å². The lowest BCUT2D eigenvalue weighted by molar-refractivity contribution is -0.153. The van der Waals surface area contributed by atoms with E-state index in [0.29, 0.717) is 0 Å². The molecule has 0 fully saturated rings. The Morgan fingerprint density at radius 2 is 1.56 bits per heavy atom. The quantitative estimate of drug-likeness (QED) is 0.240. The van der Waals surface area contributed by atoms with Crippen LogP contribution in [0.5, 0.6) is 0 Å². The van der Waals surface area contributed by atoms with Crippen LogP contribution in [0.15, 0.2) is 0 Å². The Kier molecular flexibility index (Phi) is 6.36. The highest BCUT2D eigenvalue weighted by Gasteiger charge is 2.35. The molecule has 0 rings (SSSR count). The summed E-state index contributed by atoms with van der Waals surface area (Å²) in [5, 5.41) is 46.4. The van der Waals surface area contributed by atoms with Gasteiger partial charge in [-0.25, -0.2) is 0 Å². The molecule has 3 amide bonds. The van der Waals surface area contributed by atoms with Gasteiger partial charge in [0.1, 0.15) is 18.3 Å². The number of imide groups is 1. The van der Waals surface area contributed by atoms with Crippen LogP contribution in [-0.4, -0.2) is 74.3 Å². The zero-order valence-corrected chi connectivity index (χ0v) is 9.05. The summed E-state index contributed by atoms with van der Waals surface area (Å²) in [6, 6.07) is 0. The van der Waals surface area contributed by atoms with Gasteiger partial charge in [0.25, 0.3) is 5.91 Å². The lowest BCUT2D eigenvalue weighted by Gasteiger charge is -2.24. The Morgan fingerprint density at radius 1 is 1.06 bits per heavy atom. The summed E-state index contributed by atoms with van der Waals surface area (Å²) < 4.78 is 0. The first-order valence-corrected chi connectivity index (χ1v) is 4.70. The molecule has 18 heavy (non-hydrogen) atoms. The molecule has 0 aromatic rings. The Labute approximate surface area is 101 Å². The highest BCUT2D eigenvalue weighted by Crippen LogP contribution is 2.05. The smallest absolute Gasteiger partial charge is 0.315 e. The van der Waals surface area contributed by atoms with Gasteiger partial charge in [0, 0.05) is 0 Å². The summed E-state index contributed by atoms with van der Waals surface area (Å²) in [6.07, 6.45) is -8.30. The van der Waals surface area contributed by atoms with Crippen molar-refractivity contribution < 1.29 is 39.9 Å². The number of aliphatic hydroxyl groups is 5. The molecule has 8 N–H and O–H groups in total. The van der Waals surface area contributed by atoms with Crippen LogP contribution in [0.25, 0.3) is 0 Å². The van der Waals surface area contributed by atoms with Crippen LogP contribution in [0.4, 0.5) is 0 Å². The second-order valence-electron chi connectivity index (χ2n) is 3.36. The molecule has 0 aliphatic rings. The zero-order chi connectivity index (χ0) is 14.5. The fraction of sp³-hybridized carbons (Fsp3) is 0.625. The average molecular weight is 266 g/mol. The van der Waals surface area contributed by atoms with E-state index >= 15 is 0 Å². The molecule has 0 unspecified atom stereocenters. The van der Waals surface area contributed by atoms with Gasteiger partial charge in [0.15, 0.2) is 6.10 Å². The molecule has 104 valence electrons. The SMILES string of the molecule is NC(=O)C(=O)NC(=O)[C@H](O)[C@@H](O)[C@H](O)[C@H](O)CO. The average Bonchev–Trinajstić information content (AvgIpc) is 2.34. The number of primary amides is 1. The van der Waals surface area contributed by atoms with E-state index in [9.17, 15) is 29.7 Å². The van der Waals surface area contributed by atoms with E-state index in [-0.39, 0.29) is 0 Å². The van der Waals surface area contributed by atoms with Gasteiger partial charge in [-0.1, -0.05) is 0 Å². The first-order chi connectivity index (χ1) is 8.22. The highest BCUT2D eigenvalue weighted by atomic mass is 16.4. The standard InChI is InChI=1S/C8H14N2O8/c9-6(16)8(18)10-7(17)5(15)4(14)3(13)2(12)1-11/h2-5,11-15H,1H2,(H2,9,16)(H,10,17,18)/t2-,3-,4+,5-/m1/s1. The van der Waals surface area contributed by atoms with Crippen molar-refractivity contribution in [3.05, 3.63) is 0 Å². The number of hydrogen-bond acceptors (Lipinski definition) is 8. The third kappa shape index (κ3) is 4.35. The minimum Gasteiger partial charge on any atom is -0.394 e. The second kappa shape index (κ2) is 6.98. The number of rotatable bonds is 5. The maximum atomic E-state index is 11.1. The molecule has 0 aromatic heterocycles. The largest absolute Gasteiger partial charge is 0.394 e. The van der Waals surface area contributed by atoms with Crippen LogP contribution >= 0.6 is 0 Å². The number of carbonyl (C=O) groups is 3. The summed E-state index contributed by atoms with van der Waals surface area (Å²) in [7, 11) is 0. The van der Waals surface area contributed by atoms with Crippen LogP contribution in [0.2, 0.25) is 0 Å². The molecule has 0 bridgehead atoms. The predicted molar refractivity (Wildman–Crippen MR) is 53.5 cm³/mol. The number of amides is 3. The number of carbonyl (C=O) groups excluding carboxylic acids is 3. The minimum atomic E-state index is -2.30. The molecule has 10 nitrogen and oxygen atoms in total. The first kappa shape index (κ1) is 16.4. The van der Waals surface area contributed by atoms with E-state index < -0.39 is 48.7 Å². The van der Waals surface area contributed by atoms with Gasteiger partial charge in [-0.3, -0.25) is 19.7 Å². The lowest BCUT2D eigenvalue weighted by atomic mass is 10.0. The van der Waals surface area contributed by atoms with Crippen molar-refractivity contribution in [3.8, 4) is 0 Å². The molecule has 0 aliphatic heterocycles. The maximum Gasteiger partial charge on any atom is 0.315 e. The Morgan fingerprint density at radius 3 is 1.94 bits per heavy atom. The zero-order valence-electron chi connectivity index (χ0n) is 9.05. The van der Waals surface area contributed by atoms with Crippen molar-refractivity contribution in [2.24, 2.45) is 5.73 Å². The van der Waals surface area contributed by atoms with Gasteiger partial charge < -0.3 is 31.3 Å². The summed E-state index contributed by atoms with van der Waals surface area (Å²) in [4.78, 5) is 32.1. The van der Waals surface area contributed by atoms with E-state index in [1.165, 1.54) is 5.32 Å². The lowest BCUT2D eigenvalue weighted by Crippen LogP contribution is -2.53. The van der Waals surface area contributed by atoms with Crippen molar-refractivity contribution in [1.82, 2.24) is 5.32 Å². The number of aliphatic hydroxyl groups excluding tert-OH is 5. The third-order valence-corrected chi connectivity index (χ3v) is 1.98. The van der Waals surface area contributed by atoms with Crippen LogP contribution < -0.4 is 11.1 Å². The predicted octanol–water partition coefficient (Wildman–Crippen LogP) is -5.45. The molecule has 0 saturated heterocycles. The number of nitrogens with two attached hydrogens (primary N) is 1. The van der Waals surface area contributed by atoms with Crippen LogP contribution in [0.3, 0.4) is 0 Å². The topological polar surface area (TPSA) is 190 Å². The Hall–Kier alpha value is -1.59. The molecule has 10 heteroatoms. The third-order valence-electron chi connectivity index (χ3n) is 1.98. The van der Waals surface area contributed by atoms with E-state index in [1.807, 2.05) is 0 Å². The minimum absolute atomic E-state index is 0.924. The van der Waals surface area contributed by atoms with E-state index in [2.05, 4.69) is 5.73 Å². The van der Waals surface area contributed by atoms with Gasteiger partial charge in [0.2, 0.25) is 0 Å². The highest BCUT2D eigenvalue weighted by molar-refractivity contribution is 6.37. The van der Waals surface area contributed by atoms with Crippen molar-refractivity contribution >= 4 is 17.7 Å². The van der Waals surface area contributed by atoms with Gasteiger partial charge in [-0.15, -0.1) is 0 Å². The molecular weight excluding hydrogens is 252 g/mol. The maximum absolute atomic E-state index is 11.1. The van der Waals surface area contributed by atoms with E-state index in [0.717, 1.165) is 0 Å². The molecule has 0 spiro atoms. The van der Waals surface area contributed by atoms with E-state index in [4.69, 9.17) is 10.2 Å². The van der Waals surface area contributed by atoms with Gasteiger partial charge in [-0.05, 0) is 0 Å². The van der Waals surface area contributed by atoms with E-state index in [1.54, 1.807) is 0 Å². The molecule has 0 saturated carbocycles. The molecule has 0 heterocycles. The fourth-order valence-electron chi connectivity index (χ4n) is 0.925. The normalized spacial score (nSPS) is 17.4. The fourth-order valence-corrected chi connectivity index (χ4v) is 0.925. The second-order valence-corrected chi connectivity index (χ2v) is 3.36. The van der Waals surface area contributed by atoms with Crippen molar-refractivity contribution in [1.29, 1.82) is 0 Å². The van der Waals surface area contributed by atoms with Gasteiger partial charge >= 0.3 is 11.8 Å². The first-order valence-electron chi connectivity index (χ1n) is 4.70. The summed E-state index contributed by atoms with van der Waals surface area (Å²) in [5.74, 6) is -4.49. The van der Waals surface area contributed by atoms with Crippen LogP contribution in [0.1, 0.15) is 0 Å².